The van der Waals surface area contributed by atoms with Gasteiger partial charge in [0.1, 0.15) is 0 Å². The van der Waals surface area contributed by atoms with Crippen LogP contribution >= 0.6 is 27.7 Å². The summed E-state index contributed by atoms with van der Waals surface area (Å²) in [6.07, 6.45) is 2.05. The number of amides is 1. The molecule has 94 valence electrons. The Morgan fingerprint density at radius 1 is 1.47 bits per heavy atom. The monoisotopic (exact) mass is 315 g/mol. The minimum absolute atomic E-state index is 0.0287. The summed E-state index contributed by atoms with van der Waals surface area (Å²) in [5.41, 5.74) is 1.82. The van der Waals surface area contributed by atoms with Gasteiger partial charge in [-0.25, -0.2) is 0 Å². The van der Waals surface area contributed by atoms with Crippen molar-refractivity contribution in [3.63, 3.8) is 0 Å². The highest BCUT2D eigenvalue weighted by Crippen LogP contribution is 2.21. The number of carbonyl (C=O) groups excluding carboxylic acids is 1. The fourth-order valence-corrected chi connectivity index (χ4v) is 2.15. The van der Waals surface area contributed by atoms with E-state index in [4.69, 9.17) is 0 Å². The number of thioether (sulfide) groups is 1. The molecule has 2 nitrogen and oxygen atoms in total. The molecule has 0 radical (unpaired) electrons. The number of carbonyl (C=O) groups is 1. The van der Waals surface area contributed by atoms with Crippen molar-refractivity contribution in [2.75, 3.05) is 12.8 Å². The molecule has 0 heterocycles. The van der Waals surface area contributed by atoms with Gasteiger partial charge in [-0.15, -0.1) is 0 Å². The summed E-state index contributed by atoms with van der Waals surface area (Å²) in [5.74, 6) is -0.0287. The summed E-state index contributed by atoms with van der Waals surface area (Å²) >= 11 is 5.16. The maximum atomic E-state index is 12.0. The number of aryl methyl sites for hydroxylation is 1. The van der Waals surface area contributed by atoms with Gasteiger partial charge in [0, 0.05) is 15.8 Å². The molecule has 4 heteroatoms. The second-order valence-electron chi connectivity index (χ2n) is 4.63. The maximum absolute atomic E-state index is 12.0. The first-order chi connectivity index (χ1) is 7.85. The van der Waals surface area contributed by atoms with E-state index in [-0.39, 0.29) is 10.7 Å². The van der Waals surface area contributed by atoms with Crippen molar-refractivity contribution in [3.8, 4) is 0 Å². The first-order valence-corrected chi connectivity index (χ1v) is 7.47. The molecule has 0 spiro atoms. The third-order valence-electron chi connectivity index (χ3n) is 2.60. The second kappa shape index (κ2) is 5.91. The van der Waals surface area contributed by atoms with Gasteiger partial charge in [0.05, 0.1) is 5.56 Å². The van der Waals surface area contributed by atoms with Crippen LogP contribution in [0.1, 0.15) is 29.8 Å². The Kier molecular flexibility index (Phi) is 5.07. The van der Waals surface area contributed by atoms with Gasteiger partial charge in [-0.05, 0) is 60.7 Å². The van der Waals surface area contributed by atoms with E-state index in [1.54, 1.807) is 11.8 Å². The first kappa shape index (κ1) is 14.6. The fourth-order valence-electron chi connectivity index (χ4n) is 1.26. The van der Waals surface area contributed by atoms with Crippen molar-refractivity contribution < 1.29 is 4.79 Å². The summed E-state index contributed by atoms with van der Waals surface area (Å²) < 4.78 is 0.907. The summed E-state index contributed by atoms with van der Waals surface area (Å²) in [5, 5.41) is 2.96. The Balaban J connectivity index is 2.71. The molecule has 1 aromatic carbocycles. The van der Waals surface area contributed by atoms with E-state index in [2.05, 4.69) is 35.1 Å². The Bertz CT molecular complexity index is 418. The number of hydrogen-bond acceptors (Lipinski definition) is 2. The molecule has 17 heavy (non-hydrogen) atoms. The molecule has 0 aliphatic carbocycles. The highest BCUT2D eigenvalue weighted by molar-refractivity contribution is 9.10. The van der Waals surface area contributed by atoms with Crippen LogP contribution in [0.5, 0.6) is 0 Å². The van der Waals surface area contributed by atoms with Gasteiger partial charge < -0.3 is 5.32 Å². The lowest BCUT2D eigenvalue weighted by Crippen LogP contribution is -2.36. The molecular formula is C13H18BrNOS. The van der Waals surface area contributed by atoms with E-state index >= 15 is 0 Å². The van der Waals surface area contributed by atoms with Crippen molar-refractivity contribution in [1.82, 2.24) is 5.32 Å². The normalized spacial score (nSPS) is 11.4. The average molecular weight is 316 g/mol. The second-order valence-corrected chi connectivity index (χ2v) is 7.00. The molecular weight excluding hydrogens is 298 g/mol. The molecule has 1 rings (SSSR count). The molecule has 1 amide bonds. The number of benzene rings is 1. The highest BCUT2D eigenvalue weighted by Gasteiger charge is 2.18. The van der Waals surface area contributed by atoms with Gasteiger partial charge in [-0.3, -0.25) is 4.79 Å². The van der Waals surface area contributed by atoms with E-state index in [1.807, 2.05) is 31.4 Å². The molecule has 1 N–H and O–H groups in total. The molecule has 0 saturated carbocycles. The number of hydrogen-bond donors (Lipinski definition) is 1. The minimum atomic E-state index is -0.0287. The van der Waals surface area contributed by atoms with E-state index in [9.17, 15) is 4.79 Å². The standard InChI is InChI=1S/C13H18BrNOS/c1-9-5-6-10(11(14)7-9)12(16)15-8-13(2,3)17-4/h5-7H,8H2,1-4H3,(H,15,16). The fraction of sp³-hybridized carbons (Fsp3) is 0.462. The lowest BCUT2D eigenvalue weighted by molar-refractivity contribution is 0.0950. The van der Waals surface area contributed by atoms with Crippen LogP contribution in [0.2, 0.25) is 0 Å². The van der Waals surface area contributed by atoms with E-state index < -0.39 is 0 Å². The Hall–Kier alpha value is -0.480. The molecule has 0 atom stereocenters. The van der Waals surface area contributed by atoms with Gasteiger partial charge in [0.2, 0.25) is 0 Å². The van der Waals surface area contributed by atoms with Crippen LogP contribution < -0.4 is 5.32 Å². The molecule has 0 aliphatic rings. The van der Waals surface area contributed by atoms with Crippen LogP contribution in [-0.4, -0.2) is 23.5 Å². The lowest BCUT2D eigenvalue weighted by Gasteiger charge is -2.22. The van der Waals surface area contributed by atoms with Crippen LogP contribution in [0, 0.1) is 6.92 Å². The van der Waals surface area contributed by atoms with Gasteiger partial charge in [0.25, 0.3) is 5.91 Å². The van der Waals surface area contributed by atoms with Crippen molar-refractivity contribution in [1.29, 1.82) is 0 Å². The third-order valence-corrected chi connectivity index (χ3v) is 4.50. The van der Waals surface area contributed by atoms with Crippen molar-refractivity contribution in [3.05, 3.63) is 33.8 Å². The zero-order valence-electron chi connectivity index (χ0n) is 10.6. The van der Waals surface area contributed by atoms with E-state index in [0.29, 0.717) is 12.1 Å². The van der Waals surface area contributed by atoms with Crippen LogP contribution in [0.25, 0.3) is 0 Å². The van der Waals surface area contributed by atoms with Gasteiger partial charge in [0.15, 0.2) is 0 Å². The number of halogens is 1. The SMILES string of the molecule is CSC(C)(C)CNC(=O)c1ccc(C)cc1Br. The Morgan fingerprint density at radius 3 is 2.65 bits per heavy atom. The van der Waals surface area contributed by atoms with Gasteiger partial charge in [-0.2, -0.15) is 11.8 Å². The molecule has 0 bridgehead atoms. The zero-order chi connectivity index (χ0) is 13.1. The predicted molar refractivity (Wildman–Crippen MR) is 78.8 cm³/mol. The quantitative estimate of drug-likeness (QED) is 0.919. The topological polar surface area (TPSA) is 29.1 Å². The van der Waals surface area contributed by atoms with Crippen molar-refractivity contribution >= 4 is 33.6 Å². The molecule has 0 saturated heterocycles. The summed E-state index contributed by atoms with van der Waals surface area (Å²) in [4.78, 5) is 12.0. The zero-order valence-corrected chi connectivity index (χ0v) is 13.0. The van der Waals surface area contributed by atoms with E-state index in [1.165, 1.54) is 0 Å². The van der Waals surface area contributed by atoms with Crippen LogP contribution in [0.4, 0.5) is 0 Å². The maximum Gasteiger partial charge on any atom is 0.252 e. The van der Waals surface area contributed by atoms with Crippen LogP contribution in [0.15, 0.2) is 22.7 Å². The number of rotatable bonds is 4. The molecule has 0 unspecified atom stereocenters. The number of nitrogens with one attached hydrogen (secondary N) is 1. The molecule has 0 fully saturated rings. The lowest BCUT2D eigenvalue weighted by atomic mass is 10.1. The predicted octanol–water partition coefficient (Wildman–Crippen LogP) is 3.63. The Labute approximate surface area is 116 Å². The smallest absolute Gasteiger partial charge is 0.252 e. The van der Waals surface area contributed by atoms with Crippen molar-refractivity contribution in [2.45, 2.75) is 25.5 Å². The summed E-state index contributed by atoms with van der Waals surface area (Å²) in [6, 6.07) is 5.74. The largest absolute Gasteiger partial charge is 0.351 e. The summed E-state index contributed by atoms with van der Waals surface area (Å²) in [7, 11) is 0. The average Bonchev–Trinajstić information content (AvgIpc) is 2.26. The highest BCUT2D eigenvalue weighted by atomic mass is 79.9. The van der Waals surface area contributed by atoms with E-state index in [0.717, 1.165) is 10.0 Å². The molecule has 0 aromatic heterocycles. The third kappa shape index (κ3) is 4.36. The van der Waals surface area contributed by atoms with Crippen LogP contribution in [-0.2, 0) is 0 Å². The molecule has 1 aromatic rings. The summed E-state index contributed by atoms with van der Waals surface area (Å²) in [6.45, 7) is 6.89. The minimum Gasteiger partial charge on any atom is -0.351 e. The Morgan fingerprint density at radius 2 is 2.12 bits per heavy atom. The van der Waals surface area contributed by atoms with Gasteiger partial charge in [-0.1, -0.05) is 6.07 Å². The first-order valence-electron chi connectivity index (χ1n) is 5.45. The van der Waals surface area contributed by atoms with Crippen LogP contribution in [0.3, 0.4) is 0 Å². The van der Waals surface area contributed by atoms with Crippen molar-refractivity contribution in [2.24, 2.45) is 0 Å². The molecule has 0 aliphatic heterocycles. The van der Waals surface area contributed by atoms with Gasteiger partial charge >= 0.3 is 0 Å².